The summed E-state index contributed by atoms with van der Waals surface area (Å²) in [5, 5.41) is 2.92. The molecule has 0 fully saturated rings. The van der Waals surface area contributed by atoms with Gasteiger partial charge < -0.3 is 14.8 Å². The summed E-state index contributed by atoms with van der Waals surface area (Å²) in [6.45, 7) is 11.4. The summed E-state index contributed by atoms with van der Waals surface area (Å²) in [5.41, 5.74) is 1.31. The summed E-state index contributed by atoms with van der Waals surface area (Å²) < 4.78 is 11.2. The molecule has 0 atom stereocenters. The van der Waals surface area contributed by atoms with Crippen molar-refractivity contribution in [3.05, 3.63) is 28.8 Å². The number of aryl methyl sites for hydroxylation is 1. The van der Waals surface area contributed by atoms with Crippen LogP contribution < -0.4 is 10.1 Å². The summed E-state index contributed by atoms with van der Waals surface area (Å²) in [5.74, 6) is 0.758. The molecule has 0 spiro atoms. The Morgan fingerprint density at radius 1 is 1.16 bits per heavy atom. The van der Waals surface area contributed by atoms with E-state index in [1.165, 1.54) is 0 Å². The molecule has 19 heavy (non-hydrogen) atoms. The Balaban J connectivity index is 2.15. The fraction of sp³-hybridized carbons (Fsp3) is 0.600. The highest BCUT2D eigenvalue weighted by Crippen LogP contribution is 2.27. The van der Waals surface area contributed by atoms with E-state index in [1.54, 1.807) is 0 Å². The maximum Gasteiger partial charge on any atom is 0.140 e. The second kappa shape index (κ2) is 7.73. The normalized spacial score (nSPS) is 11.6. The Bertz CT molecular complexity index is 368. The van der Waals surface area contributed by atoms with Crippen LogP contribution in [0.15, 0.2) is 18.2 Å². The molecule has 1 aromatic rings. The van der Waals surface area contributed by atoms with Crippen LogP contribution in [0.5, 0.6) is 5.75 Å². The van der Waals surface area contributed by atoms with Crippen LogP contribution in [0, 0.1) is 6.92 Å². The molecule has 4 heteroatoms. The molecule has 0 heterocycles. The topological polar surface area (TPSA) is 35.1 Å². The fourth-order valence-electron chi connectivity index (χ4n) is 1.68. The van der Waals surface area contributed by atoms with Gasteiger partial charge in [-0.1, -0.05) is 23.7 Å². The standard InChI is InChI=1S/C15H24ClNO2/c1-12-6-5-7-13(16)14(12)19-11-10-18-9-8-17-15(2,3)4/h5-7,17H,8-11H2,1-4H3/p+1. The second-order valence-corrected chi connectivity index (χ2v) is 6.11. The van der Waals surface area contributed by atoms with Crippen molar-refractivity contribution in [3.63, 3.8) is 0 Å². The van der Waals surface area contributed by atoms with E-state index < -0.39 is 0 Å². The summed E-state index contributed by atoms with van der Waals surface area (Å²) in [4.78, 5) is 0. The maximum absolute atomic E-state index is 6.07. The molecule has 0 bridgehead atoms. The van der Waals surface area contributed by atoms with Crippen molar-refractivity contribution < 1.29 is 14.8 Å². The second-order valence-electron chi connectivity index (χ2n) is 5.71. The predicted molar refractivity (Wildman–Crippen MR) is 79.0 cm³/mol. The van der Waals surface area contributed by atoms with Crippen LogP contribution in [0.25, 0.3) is 0 Å². The van der Waals surface area contributed by atoms with Crippen LogP contribution in [0.4, 0.5) is 0 Å². The number of para-hydroxylation sites is 1. The number of nitrogens with two attached hydrogens (primary N) is 1. The van der Waals surface area contributed by atoms with Gasteiger partial charge in [0, 0.05) is 0 Å². The first-order chi connectivity index (χ1) is 8.90. The zero-order valence-electron chi connectivity index (χ0n) is 12.3. The molecule has 0 unspecified atom stereocenters. The van der Waals surface area contributed by atoms with Gasteiger partial charge in [0.1, 0.15) is 12.4 Å². The largest absolute Gasteiger partial charge is 0.489 e. The van der Waals surface area contributed by atoms with Crippen molar-refractivity contribution in [1.82, 2.24) is 0 Å². The van der Waals surface area contributed by atoms with Crippen LogP contribution in [-0.2, 0) is 4.74 Å². The molecule has 0 aromatic heterocycles. The Hall–Kier alpha value is -0.770. The van der Waals surface area contributed by atoms with Gasteiger partial charge in [-0.15, -0.1) is 0 Å². The molecule has 0 radical (unpaired) electrons. The lowest BCUT2D eigenvalue weighted by atomic mass is 10.1. The highest BCUT2D eigenvalue weighted by Gasteiger charge is 2.11. The van der Waals surface area contributed by atoms with Gasteiger partial charge in [0.05, 0.1) is 30.3 Å². The van der Waals surface area contributed by atoms with Crippen LogP contribution in [0.2, 0.25) is 5.02 Å². The number of hydrogen-bond acceptors (Lipinski definition) is 2. The predicted octanol–water partition coefficient (Wildman–Crippen LogP) is 2.41. The van der Waals surface area contributed by atoms with Gasteiger partial charge in [0.2, 0.25) is 0 Å². The molecular formula is C15H25ClNO2+. The third kappa shape index (κ3) is 6.81. The average Bonchev–Trinajstić information content (AvgIpc) is 2.29. The zero-order valence-corrected chi connectivity index (χ0v) is 13.1. The Morgan fingerprint density at radius 2 is 1.89 bits per heavy atom. The summed E-state index contributed by atoms with van der Waals surface area (Å²) in [6, 6.07) is 5.74. The van der Waals surface area contributed by atoms with Crippen LogP contribution in [0.1, 0.15) is 26.3 Å². The Labute approximate surface area is 121 Å². The monoisotopic (exact) mass is 286 g/mol. The quantitative estimate of drug-likeness (QED) is 0.781. The third-order valence-corrected chi connectivity index (χ3v) is 2.95. The molecule has 108 valence electrons. The lowest BCUT2D eigenvalue weighted by Crippen LogP contribution is -2.95. The summed E-state index contributed by atoms with van der Waals surface area (Å²) in [7, 11) is 0. The Morgan fingerprint density at radius 3 is 2.53 bits per heavy atom. The molecule has 0 aliphatic rings. The van der Waals surface area contributed by atoms with Crippen LogP contribution in [-0.4, -0.2) is 31.9 Å². The summed E-state index contributed by atoms with van der Waals surface area (Å²) >= 11 is 6.07. The first-order valence-corrected chi connectivity index (χ1v) is 7.08. The van der Waals surface area contributed by atoms with Crippen molar-refractivity contribution >= 4 is 11.6 Å². The molecule has 0 amide bonds. The van der Waals surface area contributed by atoms with E-state index in [0.717, 1.165) is 24.5 Å². The van der Waals surface area contributed by atoms with Gasteiger partial charge in [0.25, 0.3) is 0 Å². The molecule has 0 aliphatic carbocycles. The van der Waals surface area contributed by atoms with E-state index in [-0.39, 0.29) is 5.54 Å². The van der Waals surface area contributed by atoms with Crippen molar-refractivity contribution in [3.8, 4) is 5.75 Å². The number of halogens is 1. The molecule has 0 saturated carbocycles. The van der Waals surface area contributed by atoms with E-state index >= 15 is 0 Å². The number of quaternary nitrogens is 1. The molecule has 2 N–H and O–H groups in total. The van der Waals surface area contributed by atoms with E-state index in [9.17, 15) is 0 Å². The maximum atomic E-state index is 6.07. The lowest BCUT2D eigenvalue weighted by molar-refractivity contribution is -0.718. The lowest BCUT2D eigenvalue weighted by Gasteiger charge is -2.16. The first-order valence-electron chi connectivity index (χ1n) is 6.70. The molecular weight excluding hydrogens is 262 g/mol. The van der Waals surface area contributed by atoms with Crippen molar-refractivity contribution in [1.29, 1.82) is 0 Å². The van der Waals surface area contributed by atoms with Crippen molar-refractivity contribution in [2.45, 2.75) is 33.2 Å². The minimum atomic E-state index is 0.258. The SMILES string of the molecule is Cc1cccc(Cl)c1OCCOCC[NH2+]C(C)(C)C. The first kappa shape index (κ1) is 16.3. The van der Waals surface area contributed by atoms with E-state index in [4.69, 9.17) is 21.1 Å². The van der Waals surface area contributed by atoms with Crippen LogP contribution in [0.3, 0.4) is 0 Å². The highest BCUT2D eigenvalue weighted by molar-refractivity contribution is 6.32. The van der Waals surface area contributed by atoms with Crippen LogP contribution >= 0.6 is 11.6 Å². The van der Waals surface area contributed by atoms with Gasteiger partial charge in [-0.05, 0) is 39.3 Å². The van der Waals surface area contributed by atoms with Gasteiger partial charge in [0.15, 0.2) is 0 Å². The minimum Gasteiger partial charge on any atom is -0.489 e. The third-order valence-electron chi connectivity index (χ3n) is 2.66. The highest BCUT2D eigenvalue weighted by atomic mass is 35.5. The van der Waals surface area contributed by atoms with E-state index in [2.05, 4.69) is 26.1 Å². The van der Waals surface area contributed by atoms with E-state index in [1.807, 2.05) is 25.1 Å². The molecule has 1 rings (SSSR count). The number of benzene rings is 1. The molecule has 0 aliphatic heterocycles. The van der Waals surface area contributed by atoms with Gasteiger partial charge >= 0.3 is 0 Å². The van der Waals surface area contributed by atoms with Gasteiger partial charge in [-0.3, -0.25) is 0 Å². The minimum absolute atomic E-state index is 0.258. The molecule has 0 saturated heterocycles. The molecule has 1 aromatic carbocycles. The Kier molecular flexibility index (Phi) is 6.63. The number of ether oxygens (including phenoxy) is 2. The van der Waals surface area contributed by atoms with Crippen molar-refractivity contribution in [2.75, 3.05) is 26.4 Å². The smallest absolute Gasteiger partial charge is 0.140 e. The van der Waals surface area contributed by atoms with E-state index in [0.29, 0.717) is 18.2 Å². The average molecular weight is 287 g/mol. The number of rotatable bonds is 7. The van der Waals surface area contributed by atoms with Crippen molar-refractivity contribution in [2.24, 2.45) is 0 Å². The zero-order chi connectivity index (χ0) is 14.3. The molecule has 3 nitrogen and oxygen atoms in total. The van der Waals surface area contributed by atoms with Gasteiger partial charge in [-0.25, -0.2) is 0 Å². The summed E-state index contributed by atoms with van der Waals surface area (Å²) in [6.07, 6.45) is 0. The van der Waals surface area contributed by atoms with Gasteiger partial charge in [-0.2, -0.15) is 0 Å². The fourth-order valence-corrected chi connectivity index (χ4v) is 1.96. The number of hydrogen-bond donors (Lipinski definition) is 1.